The van der Waals surface area contributed by atoms with Gasteiger partial charge in [-0.1, -0.05) is 32.4 Å². The van der Waals surface area contributed by atoms with E-state index in [-0.39, 0.29) is 17.8 Å². The summed E-state index contributed by atoms with van der Waals surface area (Å²) in [6.45, 7) is 3.92. The first-order valence-electron chi connectivity index (χ1n) is 10.4. The molecule has 8 heteroatoms. The van der Waals surface area contributed by atoms with E-state index >= 15 is 0 Å². The number of aryl methyl sites for hydroxylation is 1. The first-order valence-corrected chi connectivity index (χ1v) is 12.3. The van der Waals surface area contributed by atoms with Gasteiger partial charge in [0, 0.05) is 35.9 Å². The molecular weight excluding hydrogens is 416 g/mol. The third-order valence-electron chi connectivity index (χ3n) is 4.99. The number of hydrogen-bond donors (Lipinski definition) is 2. The molecule has 2 aromatic rings. The van der Waals surface area contributed by atoms with Crippen LogP contribution in [0, 0.1) is 5.41 Å². The highest BCUT2D eigenvalue weighted by Crippen LogP contribution is 2.32. The monoisotopic (exact) mass is 444 g/mol. The lowest BCUT2D eigenvalue weighted by molar-refractivity contribution is 0.103. The van der Waals surface area contributed by atoms with Crippen molar-refractivity contribution in [2.45, 2.75) is 52.1 Å². The van der Waals surface area contributed by atoms with Crippen LogP contribution in [-0.2, 0) is 21.2 Å². The minimum atomic E-state index is -3.44. The number of ether oxygens (including phenoxy) is 1. The molecule has 0 radical (unpaired) electrons. The number of sulfonamides is 1. The van der Waals surface area contributed by atoms with Crippen molar-refractivity contribution in [1.82, 2.24) is 0 Å². The van der Waals surface area contributed by atoms with Crippen LogP contribution in [-0.4, -0.2) is 32.5 Å². The quantitative estimate of drug-likeness (QED) is 0.322. The van der Waals surface area contributed by atoms with Gasteiger partial charge in [-0.05, 0) is 30.7 Å². The summed E-state index contributed by atoms with van der Waals surface area (Å²) in [5, 5.41) is 8.27. The SMILES string of the molecule is CCCCc1oc2ccc(NS(C)(=O)=O)cc2c1C(=O)C1=CCC(OC(=N)CC)C=C1. The minimum absolute atomic E-state index is 0.165. The Bertz CT molecular complexity index is 1160. The van der Waals surface area contributed by atoms with Crippen LogP contribution in [0.1, 0.15) is 55.6 Å². The molecule has 0 saturated carbocycles. The van der Waals surface area contributed by atoms with Crippen LogP contribution in [0.25, 0.3) is 11.0 Å². The van der Waals surface area contributed by atoms with Crippen LogP contribution in [0.5, 0.6) is 0 Å². The molecule has 3 rings (SSSR count). The van der Waals surface area contributed by atoms with Crippen molar-refractivity contribution in [3.63, 3.8) is 0 Å². The zero-order chi connectivity index (χ0) is 22.6. The lowest BCUT2D eigenvalue weighted by Crippen LogP contribution is -2.17. The van der Waals surface area contributed by atoms with E-state index in [1.165, 1.54) is 0 Å². The average molecular weight is 445 g/mol. The fourth-order valence-corrected chi connectivity index (χ4v) is 4.01. The second-order valence-corrected chi connectivity index (χ2v) is 9.35. The van der Waals surface area contributed by atoms with Crippen LogP contribution in [0.4, 0.5) is 5.69 Å². The summed E-state index contributed by atoms with van der Waals surface area (Å²) in [4.78, 5) is 13.4. The Kier molecular flexibility index (Phi) is 7.00. The number of anilines is 1. The van der Waals surface area contributed by atoms with Crippen LogP contribution in [0.2, 0.25) is 0 Å². The number of rotatable bonds is 9. The Morgan fingerprint density at radius 3 is 2.71 bits per heavy atom. The van der Waals surface area contributed by atoms with Gasteiger partial charge in [-0.2, -0.15) is 0 Å². The zero-order valence-corrected chi connectivity index (χ0v) is 18.8. The van der Waals surface area contributed by atoms with Crippen molar-refractivity contribution in [3.05, 3.63) is 53.3 Å². The van der Waals surface area contributed by atoms with Crippen molar-refractivity contribution in [1.29, 1.82) is 5.41 Å². The molecule has 166 valence electrons. The van der Waals surface area contributed by atoms with Gasteiger partial charge in [0.1, 0.15) is 17.4 Å². The molecule has 2 N–H and O–H groups in total. The van der Waals surface area contributed by atoms with E-state index < -0.39 is 10.0 Å². The lowest BCUT2D eigenvalue weighted by atomic mass is 9.94. The van der Waals surface area contributed by atoms with Gasteiger partial charge in [0.2, 0.25) is 10.0 Å². The molecule has 0 aliphatic heterocycles. The summed E-state index contributed by atoms with van der Waals surface area (Å²) >= 11 is 0. The summed E-state index contributed by atoms with van der Waals surface area (Å²) in [6, 6.07) is 4.94. The van der Waals surface area contributed by atoms with Crippen LogP contribution in [0.15, 0.2) is 46.4 Å². The second-order valence-electron chi connectivity index (χ2n) is 7.61. The van der Waals surface area contributed by atoms with Crippen LogP contribution in [0.3, 0.4) is 0 Å². The predicted octanol–water partition coefficient (Wildman–Crippen LogP) is 4.99. The van der Waals surface area contributed by atoms with Crippen molar-refractivity contribution >= 4 is 38.4 Å². The van der Waals surface area contributed by atoms with Crippen molar-refractivity contribution in [2.75, 3.05) is 11.0 Å². The van der Waals surface area contributed by atoms with E-state index in [9.17, 15) is 13.2 Å². The number of nitrogens with one attached hydrogen (secondary N) is 2. The highest BCUT2D eigenvalue weighted by atomic mass is 32.2. The molecule has 0 amide bonds. The molecule has 31 heavy (non-hydrogen) atoms. The number of allylic oxidation sites excluding steroid dienone is 2. The third kappa shape index (κ3) is 5.64. The molecule has 1 aromatic heterocycles. The number of benzene rings is 1. The summed E-state index contributed by atoms with van der Waals surface area (Å²) in [6.07, 6.45) is 9.63. The smallest absolute Gasteiger partial charge is 0.229 e. The van der Waals surface area contributed by atoms with Gasteiger partial charge in [-0.3, -0.25) is 14.9 Å². The van der Waals surface area contributed by atoms with E-state index in [0.29, 0.717) is 52.8 Å². The number of furan rings is 1. The first kappa shape index (κ1) is 22.8. The van der Waals surface area contributed by atoms with Gasteiger partial charge in [-0.25, -0.2) is 8.42 Å². The molecular formula is C23H28N2O5S. The standard InChI is InChI=1S/C23H28N2O5S/c1-4-6-7-20-22(18-14-16(25-31(3,27)28)10-13-19(18)30-20)23(26)15-8-11-17(12-9-15)29-21(24)5-2/h8-11,13-14,17,24-25H,4-7,12H2,1-3H3. The number of unbranched alkanes of at least 4 members (excludes halogenated alkanes) is 1. The molecule has 1 heterocycles. The van der Waals surface area contributed by atoms with E-state index in [1.54, 1.807) is 30.4 Å². The topological polar surface area (TPSA) is 109 Å². The van der Waals surface area contributed by atoms with Gasteiger partial charge in [0.25, 0.3) is 0 Å². The number of ketones is 1. The fraction of sp³-hybridized carbons (Fsp3) is 0.391. The number of carbonyl (C=O) groups is 1. The number of carbonyl (C=O) groups excluding carboxylic acids is 1. The Morgan fingerprint density at radius 2 is 2.10 bits per heavy atom. The maximum absolute atomic E-state index is 13.4. The average Bonchev–Trinajstić information content (AvgIpc) is 3.08. The maximum atomic E-state index is 13.4. The molecule has 0 spiro atoms. The number of Topliss-reactive ketones (excluding diaryl/α,β-unsaturated/α-hetero) is 1. The van der Waals surface area contributed by atoms with E-state index in [2.05, 4.69) is 11.6 Å². The van der Waals surface area contributed by atoms with Crippen molar-refractivity contribution in [3.8, 4) is 0 Å². The fourth-order valence-electron chi connectivity index (χ4n) is 3.46. The Hall–Kier alpha value is -2.87. The highest BCUT2D eigenvalue weighted by Gasteiger charge is 2.24. The first-order chi connectivity index (χ1) is 14.7. The van der Waals surface area contributed by atoms with Gasteiger partial charge >= 0.3 is 0 Å². The molecule has 1 aliphatic rings. The van der Waals surface area contributed by atoms with E-state index in [4.69, 9.17) is 14.6 Å². The lowest BCUT2D eigenvalue weighted by Gasteiger charge is -2.17. The molecule has 1 aromatic carbocycles. The summed E-state index contributed by atoms with van der Waals surface area (Å²) < 4.78 is 37.2. The molecule has 1 aliphatic carbocycles. The predicted molar refractivity (Wildman–Crippen MR) is 122 cm³/mol. The zero-order valence-electron chi connectivity index (χ0n) is 18.0. The summed E-state index contributed by atoms with van der Waals surface area (Å²) in [7, 11) is -3.44. The second kappa shape index (κ2) is 9.51. The number of hydrogen-bond acceptors (Lipinski definition) is 6. The number of fused-ring (bicyclic) bond motifs is 1. The van der Waals surface area contributed by atoms with Gasteiger partial charge in [-0.15, -0.1) is 0 Å². The minimum Gasteiger partial charge on any atom is -0.473 e. The van der Waals surface area contributed by atoms with Gasteiger partial charge in [0.05, 0.1) is 11.8 Å². The van der Waals surface area contributed by atoms with E-state index in [1.807, 2.05) is 13.0 Å². The van der Waals surface area contributed by atoms with E-state index in [0.717, 1.165) is 19.1 Å². The summed E-state index contributed by atoms with van der Waals surface area (Å²) in [5.41, 5.74) is 1.93. The normalized spacial score (nSPS) is 16.2. The van der Waals surface area contributed by atoms with Gasteiger partial charge < -0.3 is 9.15 Å². The molecule has 0 fully saturated rings. The maximum Gasteiger partial charge on any atom is 0.229 e. The molecule has 0 saturated heterocycles. The Labute approximate surface area is 182 Å². The van der Waals surface area contributed by atoms with Crippen molar-refractivity contribution < 1.29 is 22.4 Å². The molecule has 1 unspecified atom stereocenters. The third-order valence-corrected chi connectivity index (χ3v) is 5.59. The van der Waals surface area contributed by atoms with Crippen LogP contribution >= 0.6 is 0 Å². The van der Waals surface area contributed by atoms with Crippen LogP contribution < -0.4 is 4.72 Å². The largest absolute Gasteiger partial charge is 0.473 e. The summed E-state index contributed by atoms with van der Waals surface area (Å²) in [5.74, 6) is 0.659. The molecule has 1 atom stereocenters. The van der Waals surface area contributed by atoms with Gasteiger partial charge in [0.15, 0.2) is 11.7 Å². The Morgan fingerprint density at radius 1 is 1.32 bits per heavy atom. The molecule has 7 nitrogen and oxygen atoms in total. The highest BCUT2D eigenvalue weighted by molar-refractivity contribution is 7.92. The Balaban J connectivity index is 1.96. The van der Waals surface area contributed by atoms with Crippen molar-refractivity contribution in [2.24, 2.45) is 0 Å². The molecule has 0 bridgehead atoms.